The molecule has 18 heavy (non-hydrogen) atoms. The first-order chi connectivity index (χ1) is 8.34. The first-order valence-corrected chi connectivity index (χ1v) is 6.31. The number of anilines is 1. The monoisotopic (exact) mass is 267 g/mol. The predicted molar refractivity (Wildman–Crippen MR) is 73.9 cm³/mol. The van der Waals surface area contributed by atoms with Gasteiger partial charge in [-0.1, -0.05) is 11.6 Å². The molecule has 1 aromatic carbocycles. The summed E-state index contributed by atoms with van der Waals surface area (Å²) in [7, 11) is 0. The number of hydrogen-bond acceptors (Lipinski definition) is 2. The predicted octanol–water partition coefficient (Wildman–Crippen LogP) is 3.31. The van der Waals surface area contributed by atoms with E-state index in [1.54, 1.807) is 36.1 Å². The molecule has 1 aromatic rings. The van der Waals surface area contributed by atoms with Crippen LogP contribution in [0.2, 0.25) is 5.02 Å². The molecule has 0 fully saturated rings. The highest BCUT2D eigenvalue weighted by Gasteiger charge is 2.26. The standard InChI is InChI=1S/C14H18ClNO2/c1-9(2)16(14(18)10(3)11(4)17)13-7-5-12(15)6-8-13/h5-10H,1-4H3. The second-order valence-electron chi connectivity index (χ2n) is 4.61. The summed E-state index contributed by atoms with van der Waals surface area (Å²) in [6.45, 7) is 6.90. The van der Waals surface area contributed by atoms with Crippen LogP contribution in [-0.2, 0) is 9.59 Å². The van der Waals surface area contributed by atoms with Crippen molar-refractivity contribution < 1.29 is 9.59 Å². The number of nitrogens with zero attached hydrogens (tertiary/aromatic N) is 1. The molecule has 0 heterocycles. The molecule has 0 bridgehead atoms. The quantitative estimate of drug-likeness (QED) is 0.785. The van der Waals surface area contributed by atoms with E-state index in [0.29, 0.717) is 5.02 Å². The van der Waals surface area contributed by atoms with Gasteiger partial charge in [0.15, 0.2) is 0 Å². The van der Waals surface area contributed by atoms with Gasteiger partial charge in [-0.15, -0.1) is 0 Å². The second kappa shape index (κ2) is 6.01. The number of carbonyl (C=O) groups is 2. The third kappa shape index (κ3) is 3.33. The van der Waals surface area contributed by atoms with E-state index < -0.39 is 5.92 Å². The number of amides is 1. The third-order valence-electron chi connectivity index (χ3n) is 2.84. The second-order valence-corrected chi connectivity index (χ2v) is 5.05. The number of halogens is 1. The highest BCUT2D eigenvalue weighted by molar-refractivity contribution is 6.30. The minimum absolute atomic E-state index is 0.0134. The van der Waals surface area contributed by atoms with E-state index in [1.165, 1.54) is 6.92 Å². The molecule has 0 spiro atoms. The van der Waals surface area contributed by atoms with Crippen molar-refractivity contribution in [2.45, 2.75) is 33.7 Å². The van der Waals surface area contributed by atoms with Gasteiger partial charge in [-0.3, -0.25) is 9.59 Å². The van der Waals surface area contributed by atoms with Gasteiger partial charge < -0.3 is 4.90 Å². The van der Waals surface area contributed by atoms with Gasteiger partial charge in [0.2, 0.25) is 5.91 Å². The largest absolute Gasteiger partial charge is 0.309 e. The number of benzene rings is 1. The maximum atomic E-state index is 12.3. The molecule has 1 unspecified atom stereocenters. The molecule has 4 heteroatoms. The Hall–Kier alpha value is -1.35. The fourth-order valence-electron chi connectivity index (χ4n) is 1.66. The average molecular weight is 268 g/mol. The van der Waals surface area contributed by atoms with E-state index in [1.807, 2.05) is 13.8 Å². The lowest BCUT2D eigenvalue weighted by Crippen LogP contribution is -2.42. The molecule has 0 aliphatic carbocycles. The van der Waals surface area contributed by atoms with Crippen molar-refractivity contribution in [3.8, 4) is 0 Å². The van der Waals surface area contributed by atoms with Crippen molar-refractivity contribution >= 4 is 29.0 Å². The van der Waals surface area contributed by atoms with Crippen LogP contribution in [0.4, 0.5) is 5.69 Å². The fraction of sp³-hybridized carbons (Fsp3) is 0.429. The lowest BCUT2D eigenvalue weighted by Gasteiger charge is -2.29. The van der Waals surface area contributed by atoms with Gasteiger partial charge >= 0.3 is 0 Å². The van der Waals surface area contributed by atoms with Crippen LogP contribution >= 0.6 is 11.6 Å². The van der Waals surface area contributed by atoms with E-state index in [2.05, 4.69) is 0 Å². The van der Waals surface area contributed by atoms with E-state index in [4.69, 9.17) is 11.6 Å². The molecular formula is C14H18ClNO2. The summed E-state index contributed by atoms with van der Waals surface area (Å²) in [5.41, 5.74) is 0.757. The first-order valence-electron chi connectivity index (χ1n) is 5.93. The topological polar surface area (TPSA) is 37.4 Å². The van der Waals surface area contributed by atoms with Gasteiger partial charge in [-0.25, -0.2) is 0 Å². The molecule has 0 N–H and O–H groups in total. The van der Waals surface area contributed by atoms with Crippen molar-refractivity contribution in [3.63, 3.8) is 0 Å². The minimum Gasteiger partial charge on any atom is -0.309 e. The van der Waals surface area contributed by atoms with Gasteiger partial charge in [-0.05, 0) is 52.0 Å². The normalized spacial score (nSPS) is 12.3. The minimum atomic E-state index is -0.622. The lowest BCUT2D eigenvalue weighted by molar-refractivity contribution is -0.130. The van der Waals surface area contributed by atoms with Crippen molar-refractivity contribution in [2.75, 3.05) is 4.90 Å². The van der Waals surface area contributed by atoms with E-state index in [-0.39, 0.29) is 17.7 Å². The molecule has 98 valence electrons. The summed E-state index contributed by atoms with van der Waals surface area (Å²) in [5.74, 6) is -0.928. The van der Waals surface area contributed by atoms with Crippen LogP contribution < -0.4 is 4.90 Å². The molecule has 1 rings (SSSR count). The lowest BCUT2D eigenvalue weighted by atomic mass is 10.0. The Morgan fingerprint density at radius 3 is 2.00 bits per heavy atom. The van der Waals surface area contributed by atoms with E-state index >= 15 is 0 Å². The van der Waals surface area contributed by atoms with E-state index in [0.717, 1.165) is 5.69 Å². The molecule has 1 amide bonds. The Labute approximate surface area is 113 Å². The average Bonchev–Trinajstić information content (AvgIpc) is 2.30. The zero-order valence-corrected chi connectivity index (χ0v) is 11.9. The first kappa shape index (κ1) is 14.7. The molecule has 0 radical (unpaired) electrons. The van der Waals surface area contributed by atoms with Crippen LogP contribution in [0.15, 0.2) is 24.3 Å². The Morgan fingerprint density at radius 2 is 1.61 bits per heavy atom. The summed E-state index contributed by atoms with van der Waals surface area (Å²) in [5, 5.41) is 0.620. The molecule has 3 nitrogen and oxygen atoms in total. The fourth-order valence-corrected chi connectivity index (χ4v) is 1.79. The molecule has 1 atom stereocenters. The summed E-state index contributed by atoms with van der Waals surface area (Å²) >= 11 is 5.83. The number of ketones is 1. The summed E-state index contributed by atoms with van der Waals surface area (Å²) in [6.07, 6.45) is 0. The van der Waals surface area contributed by atoms with Crippen LogP contribution in [0.25, 0.3) is 0 Å². The van der Waals surface area contributed by atoms with Crippen LogP contribution in [-0.4, -0.2) is 17.7 Å². The van der Waals surface area contributed by atoms with Crippen molar-refractivity contribution in [3.05, 3.63) is 29.3 Å². The summed E-state index contributed by atoms with van der Waals surface area (Å²) in [6, 6.07) is 7.02. The Bertz CT molecular complexity index is 440. The summed E-state index contributed by atoms with van der Waals surface area (Å²) in [4.78, 5) is 25.2. The van der Waals surface area contributed by atoms with Gasteiger partial charge in [0.05, 0.1) is 5.92 Å². The molecule has 0 saturated carbocycles. The van der Waals surface area contributed by atoms with Crippen molar-refractivity contribution in [1.82, 2.24) is 0 Å². The van der Waals surface area contributed by atoms with Crippen LogP contribution in [0.1, 0.15) is 27.7 Å². The van der Waals surface area contributed by atoms with Crippen molar-refractivity contribution in [1.29, 1.82) is 0 Å². The molecule has 0 saturated heterocycles. The van der Waals surface area contributed by atoms with Gasteiger partial charge in [0, 0.05) is 16.8 Å². The third-order valence-corrected chi connectivity index (χ3v) is 3.09. The molecule has 0 aliphatic heterocycles. The van der Waals surface area contributed by atoms with Crippen LogP contribution in [0, 0.1) is 5.92 Å². The zero-order valence-electron chi connectivity index (χ0n) is 11.1. The van der Waals surface area contributed by atoms with Gasteiger partial charge in [0.25, 0.3) is 0 Å². The van der Waals surface area contributed by atoms with E-state index in [9.17, 15) is 9.59 Å². The number of hydrogen-bond donors (Lipinski definition) is 0. The number of Topliss-reactive ketones (excluding diaryl/α,β-unsaturated/α-hetero) is 1. The highest BCUT2D eigenvalue weighted by Crippen LogP contribution is 2.22. The van der Waals surface area contributed by atoms with Crippen LogP contribution in [0.5, 0.6) is 0 Å². The van der Waals surface area contributed by atoms with Crippen LogP contribution in [0.3, 0.4) is 0 Å². The maximum Gasteiger partial charge on any atom is 0.237 e. The molecule has 0 aromatic heterocycles. The van der Waals surface area contributed by atoms with Crippen molar-refractivity contribution in [2.24, 2.45) is 5.92 Å². The Morgan fingerprint density at radius 1 is 1.11 bits per heavy atom. The zero-order chi connectivity index (χ0) is 13.9. The Balaban J connectivity index is 3.07. The Kier molecular flexibility index (Phi) is 4.91. The summed E-state index contributed by atoms with van der Waals surface area (Å²) < 4.78 is 0. The van der Waals surface area contributed by atoms with Gasteiger partial charge in [0.1, 0.15) is 5.78 Å². The highest BCUT2D eigenvalue weighted by atomic mass is 35.5. The number of carbonyl (C=O) groups excluding carboxylic acids is 2. The molecular weight excluding hydrogens is 250 g/mol. The maximum absolute atomic E-state index is 12.3. The molecule has 0 aliphatic rings. The smallest absolute Gasteiger partial charge is 0.237 e. The SMILES string of the molecule is CC(=O)C(C)C(=O)N(c1ccc(Cl)cc1)C(C)C. The number of rotatable bonds is 4. The van der Waals surface area contributed by atoms with Gasteiger partial charge in [-0.2, -0.15) is 0 Å².